The Bertz CT molecular complexity index is 395. The lowest BCUT2D eigenvalue weighted by molar-refractivity contribution is -0.170. The van der Waals surface area contributed by atoms with Crippen LogP contribution < -0.4 is 4.72 Å². The number of rotatable bonds is 6. The van der Waals surface area contributed by atoms with Gasteiger partial charge in [-0.2, -0.15) is 0 Å². The second kappa shape index (κ2) is 3.43. The van der Waals surface area contributed by atoms with Crippen molar-refractivity contribution in [1.29, 1.82) is 0 Å². The molecular weight excluding hydrogens is 230 g/mol. The number of aliphatic carboxylic acids is 1. The van der Waals surface area contributed by atoms with Crippen LogP contribution in [0.1, 0.15) is 39.0 Å². The Morgan fingerprint density at radius 2 is 1.94 bits per heavy atom. The molecule has 0 amide bonds. The fraction of sp³-hybridized carbons (Fsp3) is 0.900. The van der Waals surface area contributed by atoms with Crippen LogP contribution in [0.5, 0.6) is 0 Å². The normalized spacial score (nSPS) is 36.3. The summed E-state index contributed by atoms with van der Waals surface area (Å²) in [5.74, 6) is -0.634. The van der Waals surface area contributed by atoms with Gasteiger partial charge in [0.15, 0.2) is 0 Å². The average Bonchev–Trinajstić information content (AvgIpc) is 1.96. The zero-order chi connectivity index (χ0) is 12.0. The lowest BCUT2D eigenvalue weighted by Crippen LogP contribution is -2.75. The Morgan fingerprint density at radius 3 is 2.38 bits per heavy atom. The summed E-state index contributed by atoms with van der Waals surface area (Å²) in [4.78, 5) is 10.6. The van der Waals surface area contributed by atoms with Gasteiger partial charge >= 0.3 is 5.97 Å². The topological polar surface area (TPSA) is 83.5 Å². The molecule has 92 valence electrons. The lowest BCUT2D eigenvalue weighted by Gasteiger charge is -2.70. The van der Waals surface area contributed by atoms with Crippen LogP contribution in [0, 0.1) is 5.41 Å². The van der Waals surface area contributed by atoms with E-state index in [1.807, 2.05) is 6.92 Å². The molecule has 6 heteroatoms. The summed E-state index contributed by atoms with van der Waals surface area (Å²) in [6.45, 7) is 1.83. The van der Waals surface area contributed by atoms with Crippen LogP contribution in [0.25, 0.3) is 0 Å². The van der Waals surface area contributed by atoms with Crippen LogP contribution in [0.2, 0.25) is 0 Å². The van der Waals surface area contributed by atoms with Gasteiger partial charge in [0.2, 0.25) is 10.0 Å². The fourth-order valence-corrected chi connectivity index (χ4v) is 4.78. The van der Waals surface area contributed by atoms with E-state index in [9.17, 15) is 13.2 Å². The van der Waals surface area contributed by atoms with Gasteiger partial charge in [-0.25, -0.2) is 13.1 Å². The first kappa shape index (κ1) is 11.9. The monoisotopic (exact) mass is 247 g/mol. The van der Waals surface area contributed by atoms with Gasteiger partial charge in [0.1, 0.15) is 0 Å². The summed E-state index contributed by atoms with van der Waals surface area (Å²) >= 11 is 0. The summed E-state index contributed by atoms with van der Waals surface area (Å²) in [6.07, 6.45) is 2.84. The summed E-state index contributed by atoms with van der Waals surface area (Å²) in [5, 5.41) is 8.70. The van der Waals surface area contributed by atoms with Gasteiger partial charge in [0.25, 0.3) is 0 Å². The van der Waals surface area contributed by atoms with Gasteiger partial charge in [-0.3, -0.25) is 4.79 Å². The number of hydrogen-bond acceptors (Lipinski definition) is 3. The van der Waals surface area contributed by atoms with Gasteiger partial charge < -0.3 is 5.11 Å². The van der Waals surface area contributed by atoms with Crippen LogP contribution in [-0.2, 0) is 14.8 Å². The van der Waals surface area contributed by atoms with E-state index >= 15 is 0 Å². The van der Waals surface area contributed by atoms with Crippen LogP contribution in [0.4, 0.5) is 0 Å². The standard InChI is InChI=1S/C10H17NO4S/c1-2-3-16(14,15)11-10-5-9(6-10,7-10)4-8(12)13/h11H,2-7H2,1H3,(H,12,13). The van der Waals surface area contributed by atoms with Crippen molar-refractivity contribution in [2.75, 3.05) is 5.75 Å². The maximum absolute atomic E-state index is 11.6. The van der Waals surface area contributed by atoms with Gasteiger partial charge in [0, 0.05) is 5.54 Å². The molecule has 3 saturated carbocycles. The van der Waals surface area contributed by atoms with E-state index in [0.717, 1.165) is 0 Å². The molecule has 0 unspecified atom stereocenters. The van der Waals surface area contributed by atoms with E-state index in [1.165, 1.54) is 0 Å². The lowest BCUT2D eigenvalue weighted by atomic mass is 9.39. The molecule has 0 spiro atoms. The van der Waals surface area contributed by atoms with Crippen molar-refractivity contribution in [2.45, 2.75) is 44.6 Å². The summed E-state index contributed by atoms with van der Waals surface area (Å²) in [6, 6.07) is 0. The molecule has 0 radical (unpaired) electrons. The van der Waals surface area contributed by atoms with E-state index in [0.29, 0.717) is 25.7 Å². The molecule has 0 aliphatic heterocycles. The summed E-state index contributed by atoms with van der Waals surface area (Å²) < 4.78 is 25.8. The molecular formula is C10H17NO4S. The number of nitrogens with one attached hydrogen (secondary N) is 1. The van der Waals surface area contributed by atoms with Crippen molar-refractivity contribution in [3.63, 3.8) is 0 Å². The van der Waals surface area contributed by atoms with Crippen molar-refractivity contribution in [1.82, 2.24) is 4.72 Å². The molecule has 0 saturated heterocycles. The molecule has 2 bridgehead atoms. The molecule has 0 aromatic carbocycles. The first-order valence-corrected chi connectivity index (χ1v) is 7.19. The SMILES string of the molecule is CCCS(=O)(=O)NC12CC(CC(=O)O)(C1)C2. The van der Waals surface area contributed by atoms with Gasteiger partial charge in [0.05, 0.1) is 12.2 Å². The highest BCUT2D eigenvalue weighted by atomic mass is 32.2. The predicted octanol–water partition coefficient (Wildman–Crippen LogP) is 0.713. The van der Waals surface area contributed by atoms with Crippen molar-refractivity contribution < 1.29 is 18.3 Å². The maximum atomic E-state index is 11.6. The smallest absolute Gasteiger partial charge is 0.303 e. The van der Waals surface area contributed by atoms with Crippen molar-refractivity contribution in [3.8, 4) is 0 Å². The highest BCUT2D eigenvalue weighted by Gasteiger charge is 2.69. The van der Waals surface area contributed by atoms with E-state index in [4.69, 9.17) is 5.11 Å². The molecule has 0 heterocycles. The molecule has 3 aliphatic carbocycles. The zero-order valence-corrected chi connectivity index (χ0v) is 10.1. The minimum atomic E-state index is -3.16. The number of hydrogen-bond donors (Lipinski definition) is 2. The third-order valence-corrected chi connectivity index (χ3v) is 5.20. The third kappa shape index (κ3) is 1.96. The molecule has 3 fully saturated rings. The Balaban J connectivity index is 1.88. The van der Waals surface area contributed by atoms with Crippen LogP contribution >= 0.6 is 0 Å². The first-order chi connectivity index (χ1) is 7.31. The van der Waals surface area contributed by atoms with Gasteiger partial charge in [-0.15, -0.1) is 0 Å². The highest BCUT2D eigenvalue weighted by Crippen LogP contribution is 2.69. The molecule has 2 N–H and O–H groups in total. The van der Waals surface area contributed by atoms with Crippen LogP contribution in [0.15, 0.2) is 0 Å². The largest absolute Gasteiger partial charge is 0.481 e. The maximum Gasteiger partial charge on any atom is 0.303 e. The van der Waals surface area contributed by atoms with E-state index in [-0.39, 0.29) is 23.1 Å². The van der Waals surface area contributed by atoms with Crippen molar-refractivity contribution in [3.05, 3.63) is 0 Å². The molecule has 0 atom stereocenters. The summed E-state index contributed by atoms with van der Waals surface area (Å²) in [7, 11) is -3.16. The van der Waals surface area contributed by atoms with Crippen molar-refractivity contribution >= 4 is 16.0 Å². The quantitative estimate of drug-likeness (QED) is 0.724. The molecule has 0 aromatic heterocycles. The van der Waals surface area contributed by atoms with E-state index in [1.54, 1.807) is 0 Å². The fourth-order valence-electron chi connectivity index (χ4n) is 3.26. The number of carboxylic acids is 1. The molecule has 5 nitrogen and oxygen atoms in total. The van der Waals surface area contributed by atoms with Crippen LogP contribution in [0.3, 0.4) is 0 Å². The average molecular weight is 247 g/mol. The second-order valence-electron chi connectivity index (χ2n) is 5.30. The minimum absolute atomic E-state index is 0.111. The Kier molecular flexibility index (Phi) is 2.54. The van der Waals surface area contributed by atoms with Crippen LogP contribution in [-0.4, -0.2) is 30.8 Å². The van der Waals surface area contributed by atoms with Crippen molar-refractivity contribution in [2.24, 2.45) is 5.41 Å². The predicted molar refractivity (Wildman–Crippen MR) is 58.5 cm³/mol. The number of carbonyl (C=O) groups is 1. The number of sulfonamides is 1. The van der Waals surface area contributed by atoms with Gasteiger partial charge in [-0.05, 0) is 31.1 Å². The number of carboxylic acid groups (broad SMARTS) is 1. The highest BCUT2D eigenvalue weighted by molar-refractivity contribution is 7.89. The van der Waals surface area contributed by atoms with Gasteiger partial charge in [-0.1, -0.05) is 6.92 Å². The third-order valence-electron chi connectivity index (χ3n) is 3.51. The minimum Gasteiger partial charge on any atom is -0.481 e. The Labute approximate surface area is 95.3 Å². The second-order valence-corrected chi connectivity index (χ2v) is 7.14. The Morgan fingerprint density at radius 1 is 1.38 bits per heavy atom. The first-order valence-electron chi connectivity index (χ1n) is 5.54. The summed E-state index contributed by atoms with van der Waals surface area (Å²) in [5.41, 5.74) is -0.413. The van der Waals surface area contributed by atoms with E-state index in [2.05, 4.69) is 4.72 Å². The van der Waals surface area contributed by atoms with E-state index < -0.39 is 16.0 Å². The molecule has 3 rings (SSSR count). The Hall–Kier alpha value is -0.620. The molecule has 3 aliphatic rings. The zero-order valence-electron chi connectivity index (χ0n) is 9.32. The molecule has 16 heavy (non-hydrogen) atoms. The molecule has 0 aromatic rings.